The Morgan fingerprint density at radius 3 is 2.36 bits per heavy atom. The molecule has 0 fully saturated rings. The van der Waals surface area contributed by atoms with E-state index in [0.29, 0.717) is 17.4 Å². The first-order chi connectivity index (χ1) is 6.65. The van der Waals surface area contributed by atoms with Gasteiger partial charge in [0, 0.05) is 5.56 Å². The molecule has 0 aliphatic rings. The number of hydrogen-bond donors (Lipinski definition) is 2. The van der Waals surface area contributed by atoms with Gasteiger partial charge in [-0.15, -0.1) is 0 Å². The maximum absolute atomic E-state index is 10.6. The normalized spacial score (nSPS) is 9.43. The standard InChI is InChI=1S/C11H11NO2/c1-3-7-5-8(6-13)11(14)10(12)9(7)4-2/h3-6,14H,1-2,12H2. The molecule has 0 saturated heterocycles. The topological polar surface area (TPSA) is 63.3 Å². The predicted octanol–water partition coefficient (Wildman–Crippen LogP) is 2.07. The minimum absolute atomic E-state index is 0.152. The Bertz CT molecular complexity index is 408. The summed E-state index contributed by atoms with van der Waals surface area (Å²) in [5.41, 5.74) is 7.19. The fraction of sp³-hybridized carbons (Fsp3) is 0. The summed E-state index contributed by atoms with van der Waals surface area (Å²) in [5, 5.41) is 9.49. The molecule has 0 aliphatic heterocycles. The van der Waals surface area contributed by atoms with Gasteiger partial charge in [0.05, 0.1) is 11.3 Å². The summed E-state index contributed by atoms with van der Waals surface area (Å²) in [5.74, 6) is -0.208. The van der Waals surface area contributed by atoms with Crippen LogP contribution in [0.15, 0.2) is 19.2 Å². The first kappa shape index (κ1) is 10.1. The van der Waals surface area contributed by atoms with Crippen LogP contribution in [-0.4, -0.2) is 11.4 Å². The highest BCUT2D eigenvalue weighted by Crippen LogP contribution is 2.31. The molecular formula is C11H11NO2. The van der Waals surface area contributed by atoms with Crippen molar-refractivity contribution < 1.29 is 9.90 Å². The third kappa shape index (κ3) is 1.40. The van der Waals surface area contributed by atoms with Gasteiger partial charge in [-0.2, -0.15) is 0 Å². The average Bonchev–Trinajstić information content (AvgIpc) is 2.21. The molecule has 0 radical (unpaired) electrons. The summed E-state index contributed by atoms with van der Waals surface area (Å²) in [4.78, 5) is 10.6. The van der Waals surface area contributed by atoms with Gasteiger partial charge in [-0.1, -0.05) is 25.3 Å². The molecule has 1 aromatic rings. The van der Waals surface area contributed by atoms with Gasteiger partial charge in [0.2, 0.25) is 0 Å². The second kappa shape index (κ2) is 3.79. The van der Waals surface area contributed by atoms with Crippen molar-refractivity contribution in [2.45, 2.75) is 0 Å². The van der Waals surface area contributed by atoms with Crippen molar-refractivity contribution in [1.82, 2.24) is 0 Å². The molecule has 0 amide bonds. The van der Waals surface area contributed by atoms with E-state index in [4.69, 9.17) is 5.73 Å². The van der Waals surface area contributed by atoms with Crippen LogP contribution >= 0.6 is 0 Å². The number of hydrogen-bond acceptors (Lipinski definition) is 3. The van der Waals surface area contributed by atoms with Gasteiger partial charge in [0.1, 0.15) is 5.75 Å². The zero-order chi connectivity index (χ0) is 10.7. The average molecular weight is 189 g/mol. The number of nitrogens with two attached hydrogens (primary N) is 1. The van der Waals surface area contributed by atoms with Crippen molar-refractivity contribution in [3.05, 3.63) is 35.9 Å². The maximum Gasteiger partial charge on any atom is 0.153 e. The highest BCUT2D eigenvalue weighted by Gasteiger charge is 2.10. The first-order valence-electron chi connectivity index (χ1n) is 4.01. The number of rotatable bonds is 3. The highest BCUT2D eigenvalue weighted by molar-refractivity contribution is 5.89. The van der Waals surface area contributed by atoms with E-state index in [2.05, 4.69) is 13.2 Å². The van der Waals surface area contributed by atoms with Gasteiger partial charge in [0.15, 0.2) is 6.29 Å². The van der Waals surface area contributed by atoms with Gasteiger partial charge >= 0.3 is 0 Å². The maximum atomic E-state index is 10.6. The molecule has 0 bridgehead atoms. The van der Waals surface area contributed by atoms with Crippen LogP contribution in [-0.2, 0) is 0 Å². The van der Waals surface area contributed by atoms with E-state index in [9.17, 15) is 9.90 Å². The van der Waals surface area contributed by atoms with Gasteiger partial charge in [0.25, 0.3) is 0 Å². The van der Waals surface area contributed by atoms with Crippen molar-refractivity contribution in [1.29, 1.82) is 0 Å². The smallest absolute Gasteiger partial charge is 0.153 e. The molecule has 14 heavy (non-hydrogen) atoms. The molecule has 0 saturated carbocycles. The summed E-state index contributed by atoms with van der Waals surface area (Å²) < 4.78 is 0. The minimum atomic E-state index is -0.208. The Kier molecular flexibility index (Phi) is 2.72. The van der Waals surface area contributed by atoms with Gasteiger partial charge in [-0.05, 0) is 11.6 Å². The van der Waals surface area contributed by atoms with Gasteiger partial charge < -0.3 is 10.8 Å². The Morgan fingerprint density at radius 2 is 1.93 bits per heavy atom. The summed E-state index contributed by atoms with van der Waals surface area (Å²) in [6.45, 7) is 7.15. The SMILES string of the molecule is C=Cc1cc(C=O)c(O)c(N)c1C=C. The highest BCUT2D eigenvalue weighted by atomic mass is 16.3. The Labute approximate surface area is 82.2 Å². The predicted molar refractivity (Wildman–Crippen MR) is 58.1 cm³/mol. The van der Waals surface area contributed by atoms with Crippen LogP contribution < -0.4 is 5.73 Å². The second-order valence-electron chi connectivity index (χ2n) is 2.76. The molecule has 72 valence electrons. The third-order valence-corrected chi connectivity index (χ3v) is 1.99. The number of benzene rings is 1. The molecule has 0 aromatic heterocycles. The molecule has 0 unspecified atom stereocenters. The molecule has 0 atom stereocenters. The number of aldehydes is 1. The van der Waals surface area contributed by atoms with Crippen molar-refractivity contribution in [2.75, 3.05) is 5.73 Å². The van der Waals surface area contributed by atoms with E-state index in [-0.39, 0.29) is 17.0 Å². The van der Waals surface area contributed by atoms with E-state index in [1.165, 1.54) is 12.1 Å². The Hall–Kier alpha value is -2.03. The zero-order valence-corrected chi connectivity index (χ0v) is 7.66. The van der Waals surface area contributed by atoms with Crippen molar-refractivity contribution in [3.8, 4) is 5.75 Å². The molecule has 0 aliphatic carbocycles. The van der Waals surface area contributed by atoms with Crippen LogP contribution in [0.2, 0.25) is 0 Å². The van der Waals surface area contributed by atoms with Crippen LogP contribution in [0.5, 0.6) is 5.75 Å². The molecule has 1 rings (SSSR count). The summed E-state index contributed by atoms with van der Waals surface area (Å²) >= 11 is 0. The molecule has 3 N–H and O–H groups in total. The lowest BCUT2D eigenvalue weighted by molar-refractivity contribution is 0.112. The lowest BCUT2D eigenvalue weighted by atomic mass is 10.0. The number of carbonyl (C=O) groups is 1. The van der Waals surface area contributed by atoms with Crippen LogP contribution in [0.25, 0.3) is 12.2 Å². The van der Waals surface area contributed by atoms with Crippen molar-refractivity contribution in [3.63, 3.8) is 0 Å². The molecular weight excluding hydrogens is 178 g/mol. The molecule has 0 spiro atoms. The van der Waals surface area contributed by atoms with Crippen LogP contribution in [0.1, 0.15) is 21.5 Å². The molecule has 0 heterocycles. The number of nitrogen functional groups attached to an aromatic ring is 1. The van der Waals surface area contributed by atoms with E-state index in [0.717, 1.165) is 0 Å². The number of phenolic OH excluding ortho intramolecular Hbond substituents is 1. The first-order valence-corrected chi connectivity index (χ1v) is 4.01. The van der Waals surface area contributed by atoms with E-state index in [1.54, 1.807) is 6.08 Å². The lowest BCUT2D eigenvalue weighted by Crippen LogP contribution is -1.96. The Morgan fingerprint density at radius 1 is 1.29 bits per heavy atom. The fourth-order valence-corrected chi connectivity index (χ4v) is 1.24. The number of anilines is 1. The van der Waals surface area contributed by atoms with Crippen molar-refractivity contribution in [2.24, 2.45) is 0 Å². The van der Waals surface area contributed by atoms with Gasteiger partial charge in [-0.25, -0.2) is 0 Å². The Balaban J connectivity index is 3.61. The zero-order valence-electron chi connectivity index (χ0n) is 7.66. The van der Waals surface area contributed by atoms with Crippen molar-refractivity contribution >= 4 is 24.1 Å². The number of phenols is 1. The van der Waals surface area contributed by atoms with E-state index < -0.39 is 0 Å². The third-order valence-electron chi connectivity index (χ3n) is 1.99. The number of aromatic hydroxyl groups is 1. The van der Waals surface area contributed by atoms with E-state index >= 15 is 0 Å². The second-order valence-corrected chi connectivity index (χ2v) is 2.76. The van der Waals surface area contributed by atoms with Crippen LogP contribution in [0.3, 0.4) is 0 Å². The van der Waals surface area contributed by atoms with Gasteiger partial charge in [-0.3, -0.25) is 4.79 Å². The summed E-state index contributed by atoms with van der Waals surface area (Å²) in [6.07, 6.45) is 3.62. The largest absolute Gasteiger partial charge is 0.505 e. The van der Waals surface area contributed by atoms with Crippen LogP contribution in [0, 0.1) is 0 Å². The summed E-state index contributed by atoms with van der Waals surface area (Å²) in [7, 11) is 0. The van der Waals surface area contributed by atoms with E-state index in [1.807, 2.05) is 0 Å². The lowest BCUT2D eigenvalue weighted by Gasteiger charge is -2.09. The number of carbonyl (C=O) groups excluding carboxylic acids is 1. The minimum Gasteiger partial charge on any atom is -0.505 e. The molecule has 3 heteroatoms. The molecule has 1 aromatic carbocycles. The fourth-order valence-electron chi connectivity index (χ4n) is 1.24. The molecule has 3 nitrogen and oxygen atoms in total. The van der Waals surface area contributed by atoms with Crippen LogP contribution in [0.4, 0.5) is 5.69 Å². The quantitative estimate of drug-likeness (QED) is 0.434. The monoisotopic (exact) mass is 189 g/mol. The summed E-state index contributed by atoms with van der Waals surface area (Å²) in [6, 6.07) is 1.52.